The van der Waals surface area contributed by atoms with Crippen molar-refractivity contribution in [3.05, 3.63) is 48.2 Å². The maximum absolute atomic E-state index is 12.7. The second kappa shape index (κ2) is 9.78. The first-order valence-electron chi connectivity index (χ1n) is 10.8. The van der Waals surface area contributed by atoms with E-state index in [-0.39, 0.29) is 18.4 Å². The number of aromatic nitrogens is 1. The molecule has 8 nitrogen and oxygen atoms in total. The Morgan fingerprint density at radius 3 is 2.84 bits per heavy atom. The van der Waals surface area contributed by atoms with Crippen molar-refractivity contribution in [1.82, 2.24) is 10.3 Å². The van der Waals surface area contributed by atoms with Crippen molar-refractivity contribution in [2.45, 2.75) is 12.8 Å². The van der Waals surface area contributed by atoms with Crippen LogP contribution in [0, 0.1) is 5.92 Å². The first kappa shape index (κ1) is 21.1. The van der Waals surface area contributed by atoms with Crippen LogP contribution in [0.25, 0.3) is 0 Å². The van der Waals surface area contributed by atoms with Gasteiger partial charge in [-0.15, -0.1) is 0 Å². The summed E-state index contributed by atoms with van der Waals surface area (Å²) < 4.78 is 5.43. The van der Waals surface area contributed by atoms with E-state index >= 15 is 0 Å². The third-order valence-electron chi connectivity index (χ3n) is 5.84. The molecule has 164 valence electrons. The van der Waals surface area contributed by atoms with Crippen LogP contribution in [0.2, 0.25) is 0 Å². The number of pyridine rings is 1. The number of amides is 2. The lowest BCUT2D eigenvalue weighted by atomic mass is 9.99. The molecule has 2 aromatic rings. The molecule has 0 bridgehead atoms. The lowest BCUT2D eigenvalue weighted by Gasteiger charge is -2.33. The molecule has 31 heavy (non-hydrogen) atoms. The molecule has 1 aromatic carbocycles. The van der Waals surface area contributed by atoms with Gasteiger partial charge in [0.2, 0.25) is 5.91 Å². The number of likely N-dealkylation sites (N-methyl/N-ethyl adjacent to an activating group) is 1. The topological polar surface area (TPSA) is 86.8 Å². The quantitative estimate of drug-likeness (QED) is 0.710. The maximum atomic E-state index is 12.7. The van der Waals surface area contributed by atoms with E-state index < -0.39 is 0 Å². The highest BCUT2D eigenvalue weighted by Gasteiger charge is 2.29. The Balaban J connectivity index is 1.40. The SMILES string of the molecule is CN(CCNC(=O)c1cnc2c(c1)N(CC1CCOCC1)C(=O)CN2)c1ccccc1. The molecule has 2 N–H and O–H groups in total. The highest BCUT2D eigenvalue weighted by atomic mass is 16.5. The molecular formula is C23H29N5O3. The van der Waals surface area contributed by atoms with Gasteiger partial charge in [-0.3, -0.25) is 9.59 Å². The first-order chi connectivity index (χ1) is 15.1. The average Bonchev–Trinajstić information content (AvgIpc) is 2.81. The fraction of sp³-hybridized carbons (Fsp3) is 0.435. The lowest BCUT2D eigenvalue weighted by molar-refractivity contribution is -0.117. The predicted octanol–water partition coefficient (Wildman–Crippen LogP) is 2.13. The van der Waals surface area contributed by atoms with Crippen LogP contribution < -0.4 is 20.4 Å². The van der Waals surface area contributed by atoms with Gasteiger partial charge in [0.05, 0.1) is 17.8 Å². The van der Waals surface area contributed by atoms with Crippen LogP contribution in [0.1, 0.15) is 23.2 Å². The van der Waals surface area contributed by atoms with Crippen molar-refractivity contribution in [3.8, 4) is 0 Å². The maximum Gasteiger partial charge on any atom is 0.252 e. The highest BCUT2D eigenvalue weighted by Crippen LogP contribution is 2.30. The Hall–Kier alpha value is -3.13. The number of benzene rings is 1. The molecule has 2 aliphatic heterocycles. The van der Waals surface area contributed by atoms with Gasteiger partial charge in [-0.05, 0) is 37.0 Å². The van der Waals surface area contributed by atoms with Crippen LogP contribution in [0.4, 0.5) is 17.2 Å². The summed E-state index contributed by atoms with van der Waals surface area (Å²) in [6.07, 6.45) is 3.44. The van der Waals surface area contributed by atoms with Gasteiger partial charge in [-0.2, -0.15) is 0 Å². The van der Waals surface area contributed by atoms with Crippen LogP contribution in [0.15, 0.2) is 42.6 Å². The third kappa shape index (κ3) is 5.14. The Morgan fingerprint density at radius 1 is 1.29 bits per heavy atom. The molecule has 0 atom stereocenters. The van der Waals surface area contributed by atoms with Crippen molar-refractivity contribution >= 4 is 29.0 Å². The Labute approximate surface area is 182 Å². The van der Waals surface area contributed by atoms with E-state index in [1.54, 1.807) is 17.2 Å². The van der Waals surface area contributed by atoms with E-state index in [0.717, 1.165) is 31.7 Å². The van der Waals surface area contributed by atoms with Gasteiger partial charge in [-0.1, -0.05) is 18.2 Å². The minimum atomic E-state index is -0.194. The Kier molecular flexibility index (Phi) is 6.66. The number of fused-ring (bicyclic) bond motifs is 1. The van der Waals surface area contributed by atoms with Gasteiger partial charge in [0.15, 0.2) is 0 Å². The standard InChI is InChI=1S/C23H29N5O3/c1-27(19-5-3-2-4-6-19)10-9-24-23(30)18-13-20-22(25-14-18)26-15-21(29)28(20)16-17-7-11-31-12-8-17/h2-6,13-14,17H,7-12,15-16H2,1H3,(H,24,30)(H,25,26). The number of carbonyl (C=O) groups excluding carboxylic acids is 2. The molecule has 8 heteroatoms. The van der Waals surface area contributed by atoms with Gasteiger partial charge >= 0.3 is 0 Å². The van der Waals surface area contributed by atoms with Gasteiger partial charge < -0.3 is 25.2 Å². The minimum Gasteiger partial charge on any atom is -0.381 e. The second-order valence-corrected chi connectivity index (χ2v) is 8.02. The van der Waals surface area contributed by atoms with Crippen LogP contribution in [0.3, 0.4) is 0 Å². The van der Waals surface area contributed by atoms with Crippen molar-refractivity contribution in [2.75, 3.05) is 61.6 Å². The Morgan fingerprint density at radius 2 is 2.06 bits per heavy atom. The van der Waals surface area contributed by atoms with Crippen molar-refractivity contribution in [2.24, 2.45) is 5.92 Å². The molecule has 0 unspecified atom stereocenters. The average molecular weight is 424 g/mol. The van der Waals surface area contributed by atoms with Crippen molar-refractivity contribution in [3.63, 3.8) is 0 Å². The summed E-state index contributed by atoms with van der Waals surface area (Å²) in [5.41, 5.74) is 2.23. The summed E-state index contributed by atoms with van der Waals surface area (Å²) in [7, 11) is 1.99. The van der Waals surface area contributed by atoms with Gasteiger partial charge in [0.25, 0.3) is 5.91 Å². The fourth-order valence-electron chi connectivity index (χ4n) is 3.95. The number of nitrogens with one attached hydrogen (secondary N) is 2. The molecule has 4 rings (SSSR count). The zero-order valence-corrected chi connectivity index (χ0v) is 17.8. The summed E-state index contributed by atoms with van der Waals surface area (Å²) in [5.74, 6) is 0.852. The van der Waals surface area contributed by atoms with E-state index in [9.17, 15) is 9.59 Å². The summed E-state index contributed by atoms with van der Waals surface area (Å²) in [6.45, 7) is 3.51. The Bertz CT molecular complexity index is 915. The summed E-state index contributed by atoms with van der Waals surface area (Å²) in [6, 6.07) is 11.8. The molecule has 1 fully saturated rings. The van der Waals surface area contributed by atoms with Crippen LogP contribution in [-0.4, -0.2) is 63.2 Å². The number of anilines is 3. The van der Waals surface area contributed by atoms with Gasteiger partial charge in [-0.25, -0.2) is 4.98 Å². The van der Waals surface area contributed by atoms with Gasteiger partial charge in [0.1, 0.15) is 5.82 Å². The zero-order valence-electron chi connectivity index (χ0n) is 17.8. The molecular weight excluding hydrogens is 394 g/mol. The number of ether oxygens (including phenoxy) is 1. The number of carbonyl (C=O) groups is 2. The fourth-order valence-corrected chi connectivity index (χ4v) is 3.95. The number of hydrogen-bond donors (Lipinski definition) is 2. The molecule has 3 heterocycles. The molecule has 0 spiro atoms. The summed E-state index contributed by atoms with van der Waals surface area (Å²) in [5, 5.41) is 6.01. The highest BCUT2D eigenvalue weighted by molar-refractivity contribution is 6.04. The normalized spacial score (nSPS) is 16.4. The van der Waals surface area contributed by atoms with Crippen LogP contribution in [0.5, 0.6) is 0 Å². The molecule has 1 aromatic heterocycles. The summed E-state index contributed by atoms with van der Waals surface area (Å²) in [4.78, 5) is 33.6. The van der Waals surface area contributed by atoms with Gasteiger partial charge in [0, 0.05) is 51.8 Å². The number of rotatable bonds is 7. The molecule has 2 amide bonds. The van der Waals surface area contributed by atoms with Crippen LogP contribution in [-0.2, 0) is 9.53 Å². The smallest absolute Gasteiger partial charge is 0.252 e. The first-order valence-corrected chi connectivity index (χ1v) is 10.8. The predicted molar refractivity (Wildman–Crippen MR) is 121 cm³/mol. The lowest BCUT2D eigenvalue weighted by Crippen LogP contribution is -2.44. The number of hydrogen-bond acceptors (Lipinski definition) is 6. The molecule has 0 saturated carbocycles. The molecule has 0 aliphatic carbocycles. The molecule has 1 saturated heterocycles. The molecule has 0 radical (unpaired) electrons. The summed E-state index contributed by atoms with van der Waals surface area (Å²) >= 11 is 0. The van der Waals surface area contributed by atoms with E-state index in [1.807, 2.05) is 37.4 Å². The number of para-hydroxylation sites is 1. The van der Waals surface area contributed by atoms with E-state index in [0.29, 0.717) is 42.6 Å². The largest absolute Gasteiger partial charge is 0.381 e. The monoisotopic (exact) mass is 423 g/mol. The van der Waals surface area contributed by atoms with E-state index in [2.05, 4.69) is 20.5 Å². The van der Waals surface area contributed by atoms with Crippen molar-refractivity contribution < 1.29 is 14.3 Å². The number of nitrogens with zero attached hydrogens (tertiary/aromatic N) is 3. The van der Waals surface area contributed by atoms with Crippen LogP contribution >= 0.6 is 0 Å². The van der Waals surface area contributed by atoms with E-state index in [4.69, 9.17) is 4.74 Å². The second-order valence-electron chi connectivity index (χ2n) is 8.02. The minimum absolute atomic E-state index is 0.00263. The van der Waals surface area contributed by atoms with E-state index in [1.165, 1.54) is 0 Å². The van der Waals surface area contributed by atoms with Crippen molar-refractivity contribution in [1.29, 1.82) is 0 Å². The zero-order chi connectivity index (χ0) is 21.6. The molecule has 2 aliphatic rings. The third-order valence-corrected chi connectivity index (χ3v) is 5.84.